The summed E-state index contributed by atoms with van der Waals surface area (Å²) < 4.78 is 11.6. The standard InChI is InChI=1S/C29H32N2O4/c1-29(2,3)35-28(33)31-18-17-30(20-22-11-6-4-7-12-22)27(32)26(31)24-15-10-16-25(19-24)34-21-23-13-8-5-9-14-23/h4-16,19,26H,17-18,20-21H2,1-3H3. The zero-order valence-corrected chi connectivity index (χ0v) is 20.5. The van der Waals surface area contributed by atoms with E-state index in [0.717, 1.165) is 11.1 Å². The van der Waals surface area contributed by atoms with E-state index in [9.17, 15) is 9.59 Å². The van der Waals surface area contributed by atoms with Gasteiger partial charge in [0.15, 0.2) is 0 Å². The van der Waals surface area contributed by atoms with E-state index in [1.807, 2.05) is 106 Å². The highest BCUT2D eigenvalue weighted by Crippen LogP contribution is 2.31. The zero-order valence-electron chi connectivity index (χ0n) is 20.5. The lowest BCUT2D eigenvalue weighted by molar-refractivity contribution is -0.142. The van der Waals surface area contributed by atoms with Gasteiger partial charge in [-0.05, 0) is 49.6 Å². The first kappa shape index (κ1) is 24.3. The zero-order chi connectivity index (χ0) is 24.8. The maximum absolute atomic E-state index is 13.7. The number of ether oxygens (including phenoxy) is 2. The number of benzene rings is 3. The largest absolute Gasteiger partial charge is 0.489 e. The van der Waals surface area contributed by atoms with Crippen molar-refractivity contribution in [2.24, 2.45) is 0 Å². The normalized spacial score (nSPS) is 16.2. The quantitative estimate of drug-likeness (QED) is 0.470. The Balaban J connectivity index is 1.59. The van der Waals surface area contributed by atoms with Gasteiger partial charge >= 0.3 is 6.09 Å². The minimum Gasteiger partial charge on any atom is -0.489 e. The molecule has 1 saturated heterocycles. The minimum atomic E-state index is -0.789. The van der Waals surface area contributed by atoms with Crippen molar-refractivity contribution in [1.29, 1.82) is 0 Å². The summed E-state index contributed by atoms with van der Waals surface area (Å²) in [5.74, 6) is 0.509. The lowest BCUT2D eigenvalue weighted by Crippen LogP contribution is -2.54. The molecule has 0 saturated carbocycles. The smallest absolute Gasteiger partial charge is 0.411 e. The van der Waals surface area contributed by atoms with Crippen molar-refractivity contribution in [2.45, 2.75) is 45.6 Å². The summed E-state index contributed by atoms with van der Waals surface area (Å²) >= 11 is 0. The first-order chi connectivity index (χ1) is 16.8. The molecule has 3 aromatic carbocycles. The molecule has 6 nitrogen and oxygen atoms in total. The first-order valence-corrected chi connectivity index (χ1v) is 11.9. The Morgan fingerprint density at radius 1 is 0.886 bits per heavy atom. The van der Waals surface area contributed by atoms with Crippen molar-refractivity contribution in [3.05, 3.63) is 102 Å². The monoisotopic (exact) mass is 472 g/mol. The summed E-state index contributed by atoms with van der Waals surface area (Å²) in [4.78, 5) is 30.2. The molecule has 0 spiro atoms. The highest BCUT2D eigenvalue weighted by atomic mass is 16.6. The SMILES string of the molecule is CC(C)(C)OC(=O)N1CCN(Cc2ccccc2)C(=O)C1c1cccc(OCc2ccccc2)c1. The number of carbonyl (C=O) groups is 2. The lowest BCUT2D eigenvalue weighted by atomic mass is 10.0. The fourth-order valence-electron chi connectivity index (χ4n) is 4.09. The molecule has 182 valence electrons. The summed E-state index contributed by atoms with van der Waals surface area (Å²) in [6.45, 7) is 7.20. The van der Waals surface area contributed by atoms with E-state index in [1.54, 1.807) is 4.90 Å². The van der Waals surface area contributed by atoms with Gasteiger partial charge in [-0.15, -0.1) is 0 Å². The van der Waals surface area contributed by atoms with Gasteiger partial charge < -0.3 is 14.4 Å². The van der Waals surface area contributed by atoms with Crippen LogP contribution >= 0.6 is 0 Å². The van der Waals surface area contributed by atoms with Gasteiger partial charge in [0, 0.05) is 19.6 Å². The fraction of sp³-hybridized carbons (Fsp3) is 0.310. The summed E-state index contributed by atoms with van der Waals surface area (Å²) in [6, 6.07) is 26.4. The van der Waals surface area contributed by atoms with Crippen LogP contribution < -0.4 is 4.74 Å². The third kappa shape index (κ3) is 6.41. The van der Waals surface area contributed by atoms with Crippen LogP contribution in [0.2, 0.25) is 0 Å². The Kier molecular flexibility index (Phi) is 7.39. The maximum atomic E-state index is 13.7. The summed E-state index contributed by atoms with van der Waals surface area (Å²) in [6.07, 6.45) is -0.495. The van der Waals surface area contributed by atoms with Crippen LogP contribution in [0.4, 0.5) is 4.79 Å². The Bertz CT molecular complexity index is 1140. The van der Waals surface area contributed by atoms with Crippen LogP contribution in [0.3, 0.4) is 0 Å². The summed E-state index contributed by atoms with van der Waals surface area (Å²) in [5, 5.41) is 0. The van der Waals surface area contributed by atoms with Crippen LogP contribution in [0.1, 0.15) is 43.5 Å². The van der Waals surface area contributed by atoms with Crippen molar-refractivity contribution in [3.8, 4) is 5.75 Å². The second kappa shape index (κ2) is 10.6. The molecule has 0 radical (unpaired) electrons. The van der Waals surface area contributed by atoms with Crippen LogP contribution in [-0.4, -0.2) is 40.5 Å². The Morgan fingerprint density at radius 2 is 1.54 bits per heavy atom. The number of carbonyl (C=O) groups excluding carboxylic acids is 2. The van der Waals surface area contributed by atoms with Crippen LogP contribution in [-0.2, 0) is 22.7 Å². The maximum Gasteiger partial charge on any atom is 0.411 e. The van der Waals surface area contributed by atoms with Gasteiger partial charge in [0.05, 0.1) is 0 Å². The third-order valence-electron chi connectivity index (χ3n) is 5.73. The highest BCUT2D eigenvalue weighted by molar-refractivity contribution is 5.88. The molecular weight excluding hydrogens is 440 g/mol. The van der Waals surface area contributed by atoms with Crippen LogP contribution in [0.15, 0.2) is 84.9 Å². The van der Waals surface area contributed by atoms with E-state index in [4.69, 9.17) is 9.47 Å². The highest BCUT2D eigenvalue weighted by Gasteiger charge is 2.40. The number of amides is 2. The summed E-state index contributed by atoms with van der Waals surface area (Å²) in [5.41, 5.74) is 2.14. The van der Waals surface area contributed by atoms with Gasteiger partial charge in [0.1, 0.15) is 24.0 Å². The van der Waals surface area contributed by atoms with Crippen LogP contribution in [0.5, 0.6) is 5.75 Å². The molecule has 1 heterocycles. The van der Waals surface area contributed by atoms with Crippen molar-refractivity contribution in [1.82, 2.24) is 9.80 Å². The van der Waals surface area contributed by atoms with Gasteiger partial charge in [-0.1, -0.05) is 72.8 Å². The lowest BCUT2D eigenvalue weighted by Gasteiger charge is -2.41. The molecule has 35 heavy (non-hydrogen) atoms. The second-order valence-corrected chi connectivity index (χ2v) is 9.67. The average molecular weight is 473 g/mol. The molecule has 1 fully saturated rings. The molecule has 6 heteroatoms. The number of hydrogen-bond acceptors (Lipinski definition) is 4. The number of hydrogen-bond donors (Lipinski definition) is 0. The Labute approximate surface area is 207 Å². The van der Waals surface area contributed by atoms with E-state index < -0.39 is 17.7 Å². The first-order valence-electron chi connectivity index (χ1n) is 11.9. The third-order valence-corrected chi connectivity index (χ3v) is 5.73. The van der Waals surface area contributed by atoms with Crippen molar-refractivity contribution >= 4 is 12.0 Å². The molecule has 0 bridgehead atoms. The predicted molar refractivity (Wildman–Crippen MR) is 135 cm³/mol. The molecular formula is C29H32N2O4. The van der Waals surface area contributed by atoms with Gasteiger partial charge in [-0.3, -0.25) is 9.69 Å². The number of rotatable bonds is 6. The molecule has 1 unspecified atom stereocenters. The van der Waals surface area contributed by atoms with Gasteiger partial charge in [0.2, 0.25) is 0 Å². The Morgan fingerprint density at radius 3 is 2.20 bits per heavy atom. The molecule has 1 aliphatic heterocycles. The molecule has 0 N–H and O–H groups in total. The van der Waals surface area contributed by atoms with E-state index in [1.165, 1.54) is 4.90 Å². The van der Waals surface area contributed by atoms with E-state index in [-0.39, 0.29) is 5.91 Å². The number of nitrogens with zero attached hydrogens (tertiary/aromatic N) is 2. The average Bonchev–Trinajstić information content (AvgIpc) is 2.84. The second-order valence-electron chi connectivity index (χ2n) is 9.67. The summed E-state index contributed by atoms with van der Waals surface area (Å²) in [7, 11) is 0. The number of piperazine rings is 1. The van der Waals surface area contributed by atoms with Crippen molar-refractivity contribution < 1.29 is 19.1 Å². The van der Waals surface area contributed by atoms with Gasteiger partial charge in [0.25, 0.3) is 5.91 Å². The molecule has 1 aliphatic rings. The molecule has 0 aliphatic carbocycles. The van der Waals surface area contributed by atoms with E-state index in [0.29, 0.717) is 37.6 Å². The van der Waals surface area contributed by atoms with Crippen molar-refractivity contribution in [3.63, 3.8) is 0 Å². The molecule has 3 aromatic rings. The molecule has 0 aromatic heterocycles. The van der Waals surface area contributed by atoms with Crippen LogP contribution in [0.25, 0.3) is 0 Å². The Hall–Kier alpha value is -3.80. The molecule has 2 amide bonds. The van der Waals surface area contributed by atoms with Crippen molar-refractivity contribution in [2.75, 3.05) is 13.1 Å². The minimum absolute atomic E-state index is 0.133. The van der Waals surface area contributed by atoms with Gasteiger partial charge in [-0.25, -0.2) is 4.79 Å². The predicted octanol–water partition coefficient (Wildman–Crippen LogP) is 5.59. The van der Waals surface area contributed by atoms with Crippen LogP contribution in [0, 0.1) is 0 Å². The van der Waals surface area contributed by atoms with Gasteiger partial charge in [-0.2, -0.15) is 0 Å². The van der Waals surface area contributed by atoms with E-state index >= 15 is 0 Å². The molecule has 1 atom stereocenters. The fourth-order valence-corrected chi connectivity index (χ4v) is 4.09. The topological polar surface area (TPSA) is 59.1 Å². The molecule has 4 rings (SSSR count). The van der Waals surface area contributed by atoms with E-state index in [2.05, 4.69) is 0 Å².